The number of hydrogen-bond donors (Lipinski definition) is 1. The van der Waals surface area contributed by atoms with Crippen LogP contribution in [0.1, 0.15) is 29.0 Å². The summed E-state index contributed by atoms with van der Waals surface area (Å²) in [5.74, 6) is 1.39. The third-order valence-electron chi connectivity index (χ3n) is 6.00. The van der Waals surface area contributed by atoms with Crippen LogP contribution in [0, 0.1) is 11.6 Å². The van der Waals surface area contributed by atoms with Gasteiger partial charge in [-0.3, -0.25) is 0 Å². The lowest BCUT2D eigenvalue weighted by Crippen LogP contribution is -2.30. The molecular formula is C28H34F2N2O3. The van der Waals surface area contributed by atoms with Crippen molar-refractivity contribution in [3.05, 3.63) is 89.0 Å². The topological polar surface area (TPSA) is 43.0 Å². The van der Waals surface area contributed by atoms with Gasteiger partial charge < -0.3 is 24.4 Å². The van der Waals surface area contributed by atoms with Crippen molar-refractivity contribution in [2.24, 2.45) is 0 Å². The summed E-state index contributed by atoms with van der Waals surface area (Å²) >= 11 is 0. The maximum atomic E-state index is 13.4. The molecule has 0 bridgehead atoms. The molecule has 0 amide bonds. The fraction of sp³-hybridized carbons (Fsp3) is 0.357. The summed E-state index contributed by atoms with van der Waals surface area (Å²) in [6.07, 6.45) is 0.813. The first-order valence-corrected chi connectivity index (χ1v) is 11.6. The van der Waals surface area contributed by atoms with Gasteiger partial charge in [-0.15, -0.1) is 0 Å². The Morgan fingerprint density at radius 3 is 1.74 bits per heavy atom. The Labute approximate surface area is 206 Å². The van der Waals surface area contributed by atoms with E-state index in [2.05, 4.69) is 17.3 Å². The van der Waals surface area contributed by atoms with E-state index < -0.39 is 0 Å². The molecule has 0 fully saturated rings. The molecule has 0 saturated carbocycles. The van der Waals surface area contributed by atoms with Crippen LogP contribution in [0.15, 0.2) is 60.7 Å². The second-order valence-electron chi connectivity index (χ2n) is 8.47. The molecule has 0 aliphatic heterocycles. The van der Waals surface area contributed by atoms with Gasteiger partial charge >= 0.3 is 0 Å². The highest BCUT2D eigenvalue weighted by Crippen LogP contribution is 2.38. The Kier molecular flexibility index (Phi) is 9.87. The van der Waals surface area contributed by atoms with Gasteiger partial charge in [0.25, 0.3) is 0 Å². The van der Waals surface area contributed by atoms with Crippen molar-refractivity contribution in [1.82, 2.24) is 10.2 Å². The number of nitrogens with one attached hydrogen (secondary N) is 1. The minimum atomic E-state index is -0.264. The Bertz CT molecular complexity index is 988. The van der Waals surface area contributed by atoms with Crippen LogP contribution in [-0.4, -0.2) is 52.9 Å². The average molecular weight is 485 g/mol. The summed E-state index contributed by atoms with van der Waals surface area (Å²) in [6.45, 7) is 3.15. The quantitative estimate of drug-likeness (QED) is 0.337. The Morgan fingerprint density at radius 2 is 1.29 bits per heavy atom. The average Bonchev–Trinajstić information content (AvgIpc) is 2.87. The van der Waals surface area contributed by atoms with Crippen molar-refractivity contribution < 1.29 is 23.0 Å². The second kappa shape index (κ2) is 13.1. The zero-order chi connectivity index (χ0) is 25.2. The predicted molar refractivity (Wildman–Crippen MR) is 135 cm³/mol. The lowest BCUT2D eigenvalue weighted by atomic mass is 9.88. The first kappa shape index (κ1) is 26.4. The van der Waals surface area contributed by atoms with E-state index in [1.165, 1.54) is 24.3 Å². The molecule has 0 radical (unpaired) electrons. The molecule has 3 aromatic carbocycles. The van der Waals surface area contributed by atoms with E-state index in [1.807, 2.05) is 12.1 Å². The van der Waals surface area contributed by atoms with E-state index in [4.69, 9.17) is 14.2 Å². The summed E-state index contributed by atoms with van der Waals surface area (Å²) in [4.78, 5) is 2.21. The molecule has 5 nitrogen and oxygen atoms in total. The van der Waals surface area contributed by atoms with Crippen LogP contribution in [0.2, 0.25) is 0 Å². The summed E-state index contributed by atoms with van der Waals surface area (Å²) in [5.41, 5.74) is 3.09. The number of nitrogens with zero attached hydrogens (tertiary/aromatic N) is 1. The third kappa shape index (κ3) is 7.41. The van der Waals surface area contributed by atoms with E-state index in [1.54, 1.807) is 45.6 Å². The van der Waals surface area contributed by atoms with Crippen molar-refractivity contribution in [2.45, 2.75) is 18.9 Å². The van der Waals surface area contributed by atoms with Crippen molar-refractivity contribution in [3.63, 3.8) is 0 Å². The molecule has 7 heteroatoms. The van der Waals surface area contributed by atoms with Gasteiger partial charge in [-0.2, -0.15) is 0 Å². The van der Waals surface area contributed by atoms with Crippen LogP contribution in [0.4, 0.5) is 8.78 Å². The van der Waals surface area contributed by atoms with Gasteiger partial charge in [-0.1, -0.05) is 24.3 Å². The molecule has 35 heavy (non-hydrogen) atoms. The zero-order valence-corrected chi connectivity index (χ0v) is 20.8. The van der Waals surface area contributed by atoms with Gasteiger partial charge in [-0.05, 0) is 73.1 Å². The number of methoxy groups -OCH3 is 3. The van der Waals surface area contributed by atoms with Crippen molar-refractivity contribution in [1.29, 1.82) is 0 Å². The molecule has 0 heterocycles. The molecule has 0 atom stereocenters. The highest BCUT2D eigenvalue weighted by molar-refractivity contribution is 5.53. The van der Waals surface area contributed by atoms with Crippen LogP contribution >= 0.6 is 0 Å². The van der Waals surface area contributed by atoms with Gasteiger partial charge in [0.1, 0.15) is 11.6 Å². The fourth-order valence-electron chi connectivity index (χ4n) is 4.17. The molecule has 0 aliphatic rings. The third-order valence-corrected chi connectivity index (χ3v) is 6.00. The van der Waals surface area contributed by atoms with E-state index in [-0.39, 0.29) is 17.6 Å². The zero-order valence-electron chi connectivity index (χ0n) is 20.8. The highest BCUT2D eigenvalue weighted by Gasteiger charge is 2.16. The Hall–Kier alpha value is -3.16. The van der Waals surface area contributed by atoms with Crippen molar-refractivity contribution >= 4 is 0 Å². The van der Waals surface area contributed by atoms with Crippen molar-refractivity contribution in [2.75, 3.05) is 48.0 Å². The fourth-order valence-corrected chi connectivity index (χ4v) is 4.17. The SMILES string of the molecule is COc1cc(CN(C)CCNCCC(c2ccc(F)cc2)c2ccc(F)cc2)cc(OC)c1OC. The number of ether oxygens (including phenoxy) is 3. The van der Waals surface area contributed by atoms with Crippen LogP contribution in [-0.2, 0) is 6.54 Å². The summed E-state index contributed by atoms with van der Waals surface area (Å²) in [6, 6.07) is 17.0. The van der Waals surface area contributed by atoms with Crippen LogP contribution in [0.3, 0.4) is 0 Å². The first-order valence-electron chi connectivity index (χ1n) is 11.6. The van der Waals surface area contributed by atoms with Crippen LogP contribution in [0.25, 0.3) is 0 Å². The molecule has 0 unspecified atom stereocenters. The minimum Gasteiger partial charge on any atom is -0.493 e. The van der Waals surface area contributed by atoms with E-state index in [0.29, 0.717) is 17.2 Å². The summed E-state index contributed by atoms with van der Waals surface area (Å²) < 4.78 is 43.1. The van der Waals surface area contributed by atoms with Gasteiger partial charge in [-0.25, -0.2) is 8.78 Å². The Morgan fingerprint density at radius 1 is 0.771 bits per heavy atom. The summed E-state index contributed by atoms with van der Waals surface area (Å²) in [5, 5.41) is 3.50. The van der Waals surface area contributed by atoms with E-state index >= 15 is 0 Å². The second-order valence-corrected chi connectivity index (χ2v) is 8.47. The predicted octanol–water partition coefficient (Wildman–Crippen LogP) is 5.23. The largest absolute Gasteiger partial charge is 0.493 e. The molecule has 3 rings (SSSR count). The van der Waals surface area contributed by atoms with Gasteiger partial charge in [0.05, 0.1) is 21.3 Å². The molecule has 0 spiro atoms. The van der Waals surface area contributed by atoms with Crippen molar-refractivity contribution in [3.8, 4) is 17.2 Å². The monoisotopic (exact) mass is 484 g/mol. The smallest absolute Gasteiger partial charge is 0.203 e. The lowest BCUT2D eigenvalue weighted by Gasteiger charge is -2.21. The molecule has 1 N–H and O–H groups in total. The number of benzene rings is 3. The standard InChI is InChI=1S/C28H34F2N2O3/c1-32(19-20-17-26(33-2)28(35-4)27(18-20)34-3)16-15-31-14-13-25(21-5-9-23(29)10-6-21)22-7-11-24(30)12-8-22/h5-12,17-18,25,31H,13-16,19H2,1-4H3. The summed E-state index contributed by atoms with van der Waals surface area (Å²) in [7, 11) is 6.87. The van der Waals surface area contributed by atoms with Gasteiger partial charge in [0.2, 0.25) is 5.75 Å². The van der Waals surface area contributed by atoms with E-state index in [0.717, 1.165) is 49.3 Å². The number of halogens is 2. The van der Waals surface area contributed by atoms with Gasteiger partial charge in [0, 0.05) is 25.6 Å². The van der Waals surface area contributed by atoms with Crippen LogP contribution < -0.4 is 19.5 Å². The highest BCUT2D eigenvalue weighted by atomic mass is 19.1. The molecule has 188 valence electrons. The maximum Gasteiger partial charge on any atom is 0.203 e. The molecule has 0 aliphatic carbocycles. The minimum absolute atomic E-state index is 0.0562. The lowest BCUT2D eigenvalue weighted by molar-refractivity contribution is 0.312. The molecule has 0 aromatic heterocycles. The molecule has 0 saturated heterocycles. The number of likely N-dealkylation sites (N-methyl/N-ethyl adjacent to an activating group) is 1. The van der Waals surface area contributed by atoms with Crippen LogP contribution in [0.5, 0.6) is 17.2 Å². The number of hydrogen-bond acceptors (Lipinski definition) is 5. The molecule has 3 aromatic rings. The Balaban J connectivity index is 1.53. The normalized spacial score (nSPS) is 11.2. The maximum absolute atomic E-state index is 13.4. The van der Waals surface area contributed by atoms with E-state index in [9.17, 15) is 8.78 Å². The molecular weight excluding hydrogens is 450 g/mol. The van der Waals surface area contributed by atoms with Gasteiger partial charge in [0.15, 0.2) is 11.5 Å². The number of rotatable bonds is 13. The first-order chi connectivity index (χ1) is 16.9.